The second kappa shape index (κ2) is 3.35. The summed E-state index contributed by atoms with van der Waals surface area (Å²) in [6, 6.07) is 3.13. The topological polar surface area (TPSA) is 40.5 Å². The van der Waals surface area contributed by atoms with Crippen molar-refractivity contribution in [1.29, 1.82) is 0 Å². The Hall–Kier alpha value is -0.905. The van der Waals surface area contributed by atoms with Crippen molar-refractivity contribution < 1.29 is 14.4 Å². The van der Waals surface area contributed by atoms with Crippen LogP contribution in [0.25, 0.3) is 10.1 Å². The first-order valence-corrected chi connectivity index (χ1v) is 5.01. The first-order valence-electron chi connectivity index (χ1n) is 4.13. The molecular weight excluding hydrogens is 202 g/mol. The zero-order valence-corrected chi connectivity index (χ0v) is 8.31. The van der Waals surface area contributed by atoms with E-state index in [0.717, 1.165) is 10.3 Å². The van der Waals surface area contributed by atoms with Gasteiger partial charge in [0.05, 0.1) is 0 Å². The first-order chi connectivity index (χ1) is 6.59. The third-order valence-corrected chi connectivity index (χ3v) is 3.24. The maximum atomic E-state index is 13.2. The molecule has 14 heavy (non-hydrogen) atoms. The second-order valence-electron chi connectivity index (χ2n) is 3.17. The van der Waals surface area contributed by atoms with Crippen LogP contribution in [0.2, 0.25) is 0 Å². The van der Waals surface area contributed by atoms with Crippen molar-refractivity contribution in [3.05, 3.63) is 28.9 Å². The molecule has 2 nitrogen and oxygen atoms in total. The van der Waals surface area contributed by atoms with Gasteiger partial charge >= 0.3 is 7.12 Å². The van der Waals surface area contributed by atoms with Gasteiger partial charge in [0.2, 0.25) is 0 Å². The monoisotopic (exact) mass is 210 g/mol. The summed E-state index contributed by atoms with van der Waals surface area (Å²) in [4.78, 5) is 0. The smallest absolute Gasteiger partial charge is 0.423 e. The van der Waals surface area contributed by atoms with Gasteiger partial charge in [0.25, 0.3) is 0 Å². The molecule has 0 aliphatic rings. The molecule has 0 spiro atoms. The molecule has 0 saturated heterocycles. The fourth-order valence-electron chi connectivity index (χ4n) is 1.46. The molecule has 72 valence electrons. The Kier molecular flexibility index (Phi) is 2.30. The third-order valence-electron chi connectivity index (χ3n) is 2.13. The molecule has 0 saturated carbocycles. The average molecular weight is 210 g/mol. The van der Waals surface area contributed by atoms with E-state index < -0.39 is 7.12 Å². The molecule has 0 radical (unpaired) electrons. The van der Waals surface area contributed by atoms with E-state index in [2.05, 4.69) is 0 Å². The van der Waals surface area contributed by atoms with Gasteiger partial charge in [0.1, 0.15) is 5.82 Å². The van der Waals surface area contributed by atoms with Gasteiger partial charge in [-0.15, -0.1) is 11.3 Å². The van der Waals surface area contributed by atoms with E-state index >= 15 is 0 Å². The van der Waals surface area contributed by atoms with E-state index in [-0.39, 0.29) is 5.82 Å². The molecule has 1 aromatic heterocycles. The fourth-order valence-corrected chi connectivity index (χ4v) is 2.34. The number of aryl methyl sites for hydroxylation is 1. The van der Waals surface area contributed by atoms with Crippen LogP contribution in [0.5, 0.6) is 0 Å². The molecule has 2 rings (SSSR count). The van der Waals surface area contributed by atoms with Gasteiger partial charge in [-0.1, -0.05) is 12.1 Å². The maximum Gasteiger partial charge on any atom is 0.488 e. The highest BCUT2D eigenvalue weighted by Crippen LogP contribution is 2.26. The molecule has 0 amide bonds. The summed E-state index contributed by atoms with van der Waals surface area (Å²) in [6.45, 7) is 1.82. The van der Waals surface area contributed by atoms with Crippen LogP contribution < -0.4 is 5.46 Å². The van der Waals surface area contributed by atoms with E-state index in [1.54, 1.807) is 6.07 Å². The van der Waals surface area contributed by atoms with Crippen molar-refractivity contribution >= 4 is 34.0 Å². The van der Waals surface area contributed by atoms with Crippen LogP contribution in [0.4, 0.5) is 4.39 Å². The molecule has 0 bridgehead atoms. The molecule has 0 aliphatic carbocycles. The summed E-state index contributed by atoms with van der Waals surface area (Å²) < 4.78 is 14.1. The summed E-state index contributed by atoms with van der Waals surface area (Å²) in [5, 5.41) is 19.8. The molecule has 1 heterocycles. The Morgan fingerprint density at radius 2 is 2.07 bits per heavy atom. The SMILES string of the molecule is Cc1cc(B(O)O)cc2c(F)csc12. The van der Waals surface area contributed by atoms with Gasteiger partial charge < -0.3 is 10.0 Å². The lowest BCUT2D eigenvalue weighted by Gasteiger charge is -2.02. The van der Waals surface area contributed by atoms with E-state index in [1.165, 1.54) is 22.8 Å². The third kappa shape index (κ3) is 1.43. The van der Waals surface area contributed by atoms with Crippen molar-refractivity contribution in [3.8, 4) is 0 Å². The van der Waals surface area contributed by atoms with Crippen molar-refractivity contribution in [2.45, 2.75) is 6.92 Å². The molecule has 0 aliphatic heterocycles. The van der Waals surface area contributed by atoms with E-state index in [9.17, 15) is 4.39 Å². The van der Waals surface area contributed by atoms with Gasteiger partial charge in [-0.25, -0.2) is 4.39 Å². The van der Waals surface area contributed by atoms with Crippen molar-refractivity contribution in [3.63, 3.8) is 0 Å². The highest BCUT2D eigenvalue weighted by Gasteiger charge is 2.15. The van der Waals surface area contributed by atoms with Gasteiger partial charge in [0.15, 0.2) is 0 Å². The molecule has 0 atom stereocenters. The van der Waals surface area contributed by atoms with Crippen LogP contribution >= 0.6 is 11.3 Å². The number of benzene rings is 1. The highest BCUT2D eigenvalue weighted by molar-refractivity contribution is 7.17. The van der Waals surface area contributed by atoms with Gasteiger partial charge in [0, 0.05) is 15.5 Å². The number of hydrogen-bond acceptors (Lipinski definition) is 3. The van der Waals surface area contributed by atoms with Gasteiger partial charge in [-0.05, 0) is 17.9 Å². The minimum atomic E-state index is -1.54. The number of hydrogen-bond donors (Lipinski definition) is 2. The van der Waals surface area contributed by atoms with Crippen LogP contribution in [0.3, 0.4) is 0 Å². The Balaban J connectivity index is 2.75. The predicted octanol–water partition coefficient (Wildman–Crippen LogP) is 1.03. The van der Waals surface area contributed by atoms with Gasteiger partial charge in [-0.3, -0.25) is 0 Å². The largest absolute Gasteiger partial charge is 0.488 e. The summed E-state index contributed by atoms with van der Waals surface area (Å²) in [5.74, 6) is -0.310. The number of thiophene rings is 1. The van der Waals surface area contributed by atoms with Crippen LogP contribution in [0.15, 0.2) is 17.5 Å². The van der Waals surface area contributed by atoms with E-state index in [0.29, 0.717) is 10.8 Å². The van der Waals surface area contributed by atoms with Crippen LogP contribution in [-0.4, -0.2) is 17.2 Å². The lowest BCUT2D eigenvalue weighted by atomic mass is 9.79. The minimum absolute atomic E-state index is 0.310. The Labute approximate surface area is 84.8 Å². The number of fused-ring (bicyclic) bond motifs is 1. The summed E-state index contributed by atoms with van der Waals surface area (Å²) >= 11 is 1.32. The number of rotatable bonds is 1. The Morgan fingerprint density at radius 1 is 1.36 bits per heavy atom. The predicted molar refractivity (Wildman–Crippen MR) is 56.3 cm³/mol. The van der Waals surface area contributed by atoms with E-state index in [4.69, 9.17) is 10.0 Å². The highest BCUT2D eigenvalue weighted by atomic mass is 32.1. The zero-order chi connectivity index (χ0) is 10.3. The maximum absolute atomic E-state index is 13.2. The standard InChI is InChI=1S/C9H8BFO2S/c1-5-2-6(10(12)13)3-7-8(11)4-14-9(5)7/h2-4,12-13H,1H3. The first kappa shape index (κ1) is 9.64. The molecule has 5 heteroatoms. The molecule has 2 N–H and O–H groups in total. The normalized spacial score (nSPS) is 10.9. The Morgan fingerprint density at radius 3 is 2.71 bits per heavy atom. The lowest BCUT2D eigenvalue weighted by molar-refractivity contribution is 0.426. The van der Waals surface area contributed by atoms with Crippen molar-refractivity contribution in [1.82, 2.24) is 0 Å². The molecule has 1 aromatic carbocycles. The Bertz CT molecular complexity index is 481. The second-order valence-corrected chi connectivity index (χ2v) is 4.05. The summed E-state index contributed by atoms with van der Waals surface area (Å²) in [6.07, 6.45) is 0. The van der Waals surface area contributed by atoms with Gasteiger partial charge in [-0.2, -0.15) is 0 Å². The number of halogens is 1. The van der Waals surface area contributed by atoms with Crippen LogP contribution in [0.1, 0.15) is 5.56 Å². The van der Waals surface area contributed by atoms with Crippen molar-refractivity contribution in [2.75, 3.05) is 0 Å². The molecule has 0 fully saturated rings. The zero-order valence-electron chi connectivity index (χ0n) is 7.49. The fraction of sp³-hybridized carbons (Fsp3) is 0.111. The lowest BCUT2D eigenvalue weighted by Crippen LogP contribution is -2.29. The molecule has 2 aromatic rings. The van der Waals surface area contributed by atoms with E-state index in [1.807, 2.05) is 6.92 Å². The minimum Gasteiger partial charge on any atom is -0.423 e. The van der Waals surface area contributed by atoms with Crippen LogP contribution in [-0.2, 0) is 0 Å². The van der Waals surface area contributed by atoms with Crippen LogP contribution in [0, 0.1) is 12.7 Å². The summed E-state index contributed by atoms with van der Waals surface area (Å²) in [5.41, 5.74) is 1.19. The van der Waals surface area contributed by atoms with Crippen molar-refractivity contribution in [2.24, 2.45) is 0 Å². The molecule has 0 unspecified atom stereocenters. The quantitative estimate of drug-likeness (QED) is 0.690. The summed E-state index contributed by atoms with van der Waals surface area (Å²) in [7, 11) is -1.54. The average Bonchev–Trinajstić information content (AvgIpc) is 2.48. The molecular formula is C9H8BFO2S.